The van der Waals surface area contributed by atoms with Crippen LogP contribution in [0.1, 0.15) is 19.4 Å². The zero-order valence-electron chi connectivity index (χ0n) is 13.9. The van der Waals surface area contributed by atoms with Crippen LogP contribution in [-0.2, 0) is 22.6 Å². The summed E-state index contributed by atoms with van der Waals surface area (Å²) in [7, 11) is 0. The number of nitrogens with zero attached hydrogens (tertiary/aromatic N) is 1. The molecule has 4 N–H and O–H groups in total. The van der Waals surface area contributed by atoms with Gasteiger partial charge in [0.1, 0.15) is 5.82 Å². The number of nitrogens with two attached hydrogens (primary N) is 1. The second-order valence-electron chi connectivity index (χ2n) is 5.43. The van der Waals surface area contributed by atoms with E-state index in [1.807, 2.05) is 17.7 Å². The highest BCUT2D eigenvalue weighted by Crippen LogP contribution is 2.27. The molecule has 1 unspecified atom stereocenters. The van der Waals surface area contributed by atoms with Gasteiger partial charge in [0.05, 0.1) is 10.5 Å². The molecule has 0 amide bonds. The highest BCUT2D eigenvalue weighted by Gasteiger charge is 2.11. The first kappa shape index (κ1) is 20.7. The molecule has 1 aromatic heterocycles. The lowest BCUT2D eigenvalue weighted by Gasteiger charge is -2.08. The molecule has 0 aliphatic rings. The van der Waals surface area contributed by atoms with Crippen molar-refractivity contribution in [3.05, 3.63) is 46.9 Å². The van der Waals surface area contributed by atoms with Gasteiger partial charge in [0.15, 0.2) is 0 Å². The van der Waals surface area contributed by atoms with E-state index in [2.05, 4.69) is 6.92 Å². The smallest absolute Gasteiger partial charge is 0.328 e. The Balaban J connectivity index is 0.000000333. The van der Waals surface area contributed by atoms with Crippen LogP contribution in [0.4, 0.5) is 4.39 Å². The van der Waals surface area contributed by atoms with Gasteiger partial charge in [-0.15, -0.1) is 0 Å². The molecule has 2 rings (SSSR count). The first-order valence-electron chi connectivity index (χ1n) is 7.52. The Morgan fingerprint density at radius 2 is 1.88 bits per heavy atom. The second kappa shape index (κ2) is 9.19. The largest absolute Gasteiger partial charge is 0.478 e. The summed E-state index contributed by atoms with van der Waals surface area (Å²) in [4.78, 5) is 19.1. The third-order valence-electron chi connectivity index (χ3n) is 3.24. The van der Waals surface area contributed by atoms with Crippen LogP contribution in [0.2, 0.25) is 5.02 Å². The summed E-state index contributed by atoms with van der Waals surface area (Å²) in [5.41, 5.74) is 7.88. The number of fused-ring (bicyclic) bond motifs is 1. The topological polar surface area (TPSA) is 106 Å². The number of aromatic nitrogens is 1. The number of carbonyl (C=O) groups is 2. The first-order valence-corrected chi connectivity index (χ1v) is 7.89. The lowest BCUT2D eigenvalue weighted by molar-refractivity contribution is -0.134. The molecule has 0 spiro atoms. The third-order valence-corrected chi connectivity index (χ3v) is 3.53. The Bertz CT molecular complexity index is 784. The van der Waals surface area contributed by atoms with Gasteiger partial charge in [-0.1, -0.05) is 18.5 Å². The Morgan fingerprint density at radius 1 is 1.32 bits per heavy atom. The lowest BCUT2D eigenvalue weighted by atomic mass is 10.1. The van der Waals surface area contributed by atoms with Crippen molar-refractivity contribution in [1.82, 2.24) is 4.57 Å². The quantitative estimate of drug-likeness (QED) is 0.701. The van der Waals surface area contributed by atoms with E-state index < -0.39 is 11.9 Å². The van der Waals surface area contributed by atoms with E-state index in [-0.39, 0.29) is 16.9 Å². The fourth-order valence-electron chi connectivity index (χ4n) is 2.24. The fourth-order valence-corrected chi connectivity index (χ4v) is 2.40. The second-order valence-corrected chi connectivity index (χ2v) is 5.84. The standard InChI is InChI=1S/C13H16ClFN2.C4H4O4/c1-3-9-7-17(6-8(2)16)13-5-11(14)12(15)4-10(9)13;5-3(6)1-2-4(7)8/h4-5,7-8H,3,6,16H2,1-2H3;1-2H,(H,5,6)(H,7,8)/b;2-1+. The number of hydrogen-bond donors (Lipinski definition) is 3. The van der Waals surface area contributed by atoms with Crippen LogP contribution < -0.4 is 5.73 Å². The van der Waals surface area contributed by atoms with Crippen LogP contribution in [0.3, 0.4) is 0 Å². The minimum Gasteiger partial charge on any atom is -0.478 e. The number of rotatable bonds is 5. The van der Waals surface area contributed by atoms with Gasteiger partial charge in [-0.3, -0.25) is 0 Å². The average Bonchev–Trinajstić information content (AvgIpc) is 2.83. The van der Waals surface area contributed by atoms with E-state index in [9.17, 15) is 14.0 Å². The van der Waals surface area contributed by atoms with Crippen molar-refractivity contribution in [2.75, 3.05) is 0 Å². The van der Waals surface area contributed by atoms with Gasteiger partial charge in [0.2, 0.25) is 0 Å². The first-order chi connectivity index (χ1) is 11.6. The van der Waals surface area contributed by atoms with Crippen molar-refractivity contribution in [3.63, 3.8) is 0 Å². The summed E-state index contributed by atoms with van der Waals surface area (Å²) in [6.07, 6.45) is 4.01. The molecule has 0 aliphatic heterocycles. The van der Waals surface area contributed by atoms with Gasteiger partial charge in [0.25, 0.3) is 0 Å². The summed E-state index contributed by atoms with van der Waals surface area (Å²) < 4.78 is 15.5. The minimum absolute atomic E-state index is 0.0548. The van der Waals surface area contributed by atoms with Crippen LogP contribution in [0.25, 0.3) is 10.9 Å². The SMILES string of the molecule is CCc1cn(CC(C)N)c2cc(Cl)c(F)cc12.O=C(O)/C=C/C(=O)O. The number of carboxylic acid groups (broad SMARTS) is 2. The van der Waals surface area contributed by atoms with Crippen LogP contribution in [0, 0.1) is 5.82 Å². The highest BCUT2D eigenvalue weighted by atomic mass is 35.5. The average molecular weight is 371 g/mol. The number of hydrogen-bond acceptors (Lipinski definition) is 3. The summed E-state index contributed by atoms with van der Waals surface area (Å²) in [6.45, 7) is 4.71. The van der Waals surface area contributed by atoms with Crippen LogP contribution in [-0.4, -0.2) is 32.8 Å². The molecule has 0 saturated carbocycles. The van der Waals surface area contributed by atoms with Gasteiger partial charge in [-0.2, -0.15) is 0 Å². The van der Waals surface area contributed by atoms with Crippen molar-refractivity contribution < 1.29 is 24.2 Å². The summed E-state index contributed by atoms with van der Waals surface area (Å²) in [5.74, 6) is -2.88. The zero-order chi connectivity index (χ0) is 19.1. The maximum absolute atomic E-state index is 13.5. The van der Waals surface area contributed by atoms with E-state index in [0.717, 1.165) is 22.9 Å². The van der Waals surface area contributed by atoms with Crippen molar-refractivity contribution in [1.29, 1.82) is 0 Å². The van der Waals surface area contributed by atoms with E-state index in [0.29, 0.717) is 18.7 Å². The highest BCUT2D eigenvalue weighted by molar-refractivity contribution is 6.31. The summed E-state index contributed by atoms with van der Waals surface area (Å²) in [5, 5.41) is 16.7. The maximum atomic E-state index is 13.5. The minimum atomic E-state index is -1.26. The molecular formula is C17H20ClFN2O4. The molecule has 8 heteroatoms. The molecule has 2 aromatic rings. The third kappa shape index (κ3) is 6.21. The molecule has 1 atom stereocenters. The summed E-state index contributed by atoms with van der Waals surface area (Å²) >= 11 is 5.83. The van der Waals surface area contributed by atoms with Gasteiger partial charge >= 0.3 is 11.9 Å². The van der Waals surface area contributed by atoms with Gasteiger partial charge in [-0.05, 0) is 31.0 Å². The van der Waals surface area contributed by atoms with Gasteiger partial charge in [-0.25, -0.2) is 14.0 Å². The van der Waals surface area contributed by atoms with Crippen LogP contribution in [0.5, 0.6) is 0 Å². The molecule has 25 heavy (non-hydrogen) atoms. The number of carboxylic acids is 2. The van der Waals surface area contributed by atoms with Crippen LogP contribution >= 0.6 is 11.6 Å². The van der Waals surface area contributed by atoms with Crippen molar-refractivity contribution in [2.24, 2.45) is 5.73 Å². The Hall–Kier alpha value is -2.38. The molecule has 136 valence electrons. The molecule has 0 aliphatic carbocycles. The zero-order valence-corrected chi connectivity index (χ0v) is 14.6. The van der Waals surface area contributed by atoms with Gasteiger partial charge in [0, 0.05) is 36.3 Å². The molecule has 1 heterocycles. The molecule has 0 radical (unpaired) electrons. The van der Waals surface area contributed by atoms with E-state index >= 15 is 0 Å². The normalized spacial score (nSPS) is 12.0. The predicted octanol–water partition coefficient (Wildman–Crippen LogP) is 3.06. The van der Waals surface area contributed by atoms with Gasteiger partial charge < -0.3 is 20.5 Å². The van der Waals surface area contributed by atoms with E-state index in [1.165, 1.54) is 6.07 Å². The lowest BCUT2D eigenvalue weighted by Crippen LogP contribution is -2.21. The molecule has 6 nitrogen and oxygen atoms in total. The summed E-state index contributed by atoms with van der Waals surface area (Å²) in [6, 6.07) is 3.24. The monoisotopic (exact) mass is 370 g/mol. The molecular weight excluding hydrogens is 351 g/mol. The molecule has 0 bridgehead atoms. The number of benzene rings is 1. The molecule has 0 saturated heterocycles. The molecule has 1 aromatic carbocycles. The maximum Gasteiger partial charge on any atom is 0.328 e. The van der Waals surface area contributed by atoms with Crippen molar-refractivity contribution in [3.8, 4) is 0 Å². The Kier molecular flexibility index (Phi) is 7.60. The Morgan fingerprint density at radius 3 is 2.32 bits per heavy atom. The van der Waals surface area contributed by atoms with E-state index in [4.69, 9.17) is 27.5 Å². The number of aryl methyl sites for hydroxylation is 1. The number of aliphatic carboxylic acids is 2. The van der Waals surface area contributed by atoms with Crippen molar-refractivity contribution in [2.45, 2.75) is 32.9 Å². The van der Waals surface area contributed by atoms with Crippen molar-refractivity contribution >= 4 is 34.4 Å². The van der Waals surface area contributed by atoms with E-state index in [1.54, 1.807) is 6.07 Å². The number of halogens is 2. The fraction of sp³-hybridized carbons (Fsp3) is 0.294. The predicted molar refractivity (Wildman–Crippen MR) is 94.3 cm³/mol. The Labute approximate surface area is 149 Å². The van der Waals surface area contributed by atoms with Crippen LogP contribution in [0.15, 0.2) is 30.5 Å². The molecule has 0 fully saturated rings.